The number of benzene rings is 1. The summed E-state index contributed by atoms with van der Waals surface area (Å²) in [6.07, 6.45) is 1.59. The molecule has 0 radical (unpaired) electrons. The normalized spacial score (nSPS) is 11.6. The lowest BCUT2D eigenvalue weighted by Crippen LogP contribution is -2.14. The van der Waals surface area contributed by atoms with Crippen LogP contribution in [0.3, 0.4) is 0 Å². The number of hydrogen-bond donors (Lipinski definition) is 2. The molecule has 20 heavy (non-hydrogen) atoms. The van der Waals surface area contributed by atoms with Gasteiger partial charge in [-0.05, 0) is 24.6 Å². The van der Waals surface area contributed by atoms with E-state index in [-0.39, 0.29) is 21.8 Å². The number of halogens is 1. The van der Waals surface area contributed by atoms with Crippen LogP contribution in [0.4, 0.5) is 10.2 Å². The molecule has 0 aliphatic rings. The first kappa shape index (κ1) is 14.5. The molecule has 6 nitrogen and oxygen atoms in total. The number of hydrogen-bond acceptors (Lipinski definition) is 4. The molecule has 2 rings (SSSR count). The fraction of sp³-hybridized carbons (Fsp3) is 0.250. The number of aryl methyl sites for hydroxylation is 2. The van der Waals surface area contributed by atoms with E-state index in [1.54, 1.807) is 13.2 Å². The summed E-state index contributed by atoms with van der Waals surface area (Å²) in [6, 6.07) is 3.81. The third kappa shape index (κ3) is 2.81. The molecular formula is C12H14FN3O3S. The van der Waals surface area contributed by atoms with Crippen LogP contribution in [0.2, 0.25) is 0 Å². The Labute approximate surface area is 115 Å². The van der Waals surface area contributed by atoms with Crippen LogP contribution in [0, 0.1) is 12.7 Å². The fourth-order valence-electron chi connectivity index (χ4n) is 1.74. The molecular weight excluding hydrogens is 285 g/mol. The Kier molecular flexibility index (Phi) is 3.78. The zero-order chi connectivity index (χ0) is 14.9. The largest absolute Gasteiger partial charge is 0.392 e. The molecule has 1 heterocycles. The van der Waals surface area contributed by atoms with E-state index in [0.29, 0.717) is 0 Å². The molecule has 1 aromatic carbocycles. The Bertz CT molecular complexity index is 740. The van der Waals surface area contributed by atoms with Crippen molar-refractivity contribution in [2.24, 2.45) is 7.05 Å². The highest BCUT2D eigenvalue weighted by molar-refractivity contribution is 7.92. The van der Waals surface area contributed by atoms with Crippen LogP contribution in [0.5, 0.6) is 0 Å². The topological polar surface area (TPSA) is 84.2 Å². The molecule has 0 bridgehead atoms. The van der Waals surface area contributed by atoms with Crippen molar-refractivity contribution >= 4 is 15.8 Å². The maximum Gasteiger partial charge on any atom is 0.263 e. The number of nitrogens with zero attached hydrogens (tertiary/aromatic N) is 2. The smallest absolute Gasteiger partial charge is 0.263 e. The summed E-state index contributed by atoms with van der Waals surface area (Å²) in [5.41, 5.74) is 0.0874. The summed E-state index contributed by atoms with van der Waals surface area (Å²) in [5.74, 6) is -0.440. The van der Waals surface area contributed by atoms with Crippen LogP contribution in [-0.2, 0) is 23.7 Å². The number of aliphatic hydroxyl groups excluding tert-OH is 1. The predicted octanol–water partition coefficient (Wildman–Crippen LogP) is 1.16. The van der Waals surface area contributed by atoms with Crippen LogP contribution in [0.15, 0.2) is 29.3 Å². The molecule has 0 aliphatic carbocycles. The highest BCUT2D eigenvalue weighted by atomic mass is 32.2. The minimum absolute atomic E-state index is 0.0635. The number of sulfonamides is 1. The zero-order valence-electron chi connectivity index (χ0n) is 11.0. The van der Waals surface area contributed by atoms with Gasteiger partial charge in [-0.25, -0.2) is 12.8 Å². The molecule has 8 heteroatoms. The monoisotopic (exact) mass is 299 g/mol. The molecule has 0 aliphatic heterocycles. The summed E-state index contributed by atoms with van der Waals surface area (Å²) in [6.45, 7) is 0.869. The van der Waals surface area contributed by atoms with Gasteiger partial charge < -0.3 is 5.11 Å². The van der Waals surface area contributed by atoms with Crippen LogP contribution < -0.4 is 4.72 Å². The van der Waals surface area contributed by atoms with E-state index in [9.17, 15) is 12.8 Å². The molecule has 0 saturated carbocycles. The molecule has 0 saturated heterocycles. The van der Waals surface area contributed by atoms with E-state index in [0.717, 1.165) is 6.07 Å². The summed E-state index contributed by atoms with van der Waals surface area (Å²) >= 11 is 0. The maximum atomic E-state index is 13.6. The van der Waals surface area contributed by atoms with Gasteiger partial charge in [-0.2, -0.15) is 5.10 Å². The number of nitrogens with one attached hydrogen (secondary N) is 1. The highest BCUT2D eigenvalue weighted by Gasteiger charge is 2.19. The quantitative estimate of drug-likeness (QED) is 0.887. The first-order valence-corrected chi connectivity index (χ1v) is 7.24. The van der Waals surface area contributed by atoms with E-state index in [1.807, 2.05) is 0 Å². The van der Waals surface area contributed by atoms with E-state index in [1.165, 1.54) is 23.7 Å². The van der Waals surface area contributed by atoms with Gasteiger partial charge in [0.2, 0.25) is 0 Å². The molecule has 2 N–H and O–H groups in total. The lowest BCUT2D eigenvalue weighted by Gasteiger charge is -2.09. The van der Waals surface area contributed by atoms with Crippen molar-refractivity contribution in [1.29, 1.82) is 0 Å². The lowest BCUT2D eigenvalue weighted by atomic mass is 10.1. The summed E-state index contributed by atoms with van der Waals surface area (Å²) in [4.78, 5) is -0.119. The second-order valence-electron chi connectivity index (χ2n) is 4.35. The third-order valence-corrected chi connectivity index (χ3v) is 4.07. The second-order valence-corrected chi connectivity index (χ2v) is 6.03. The van der Waals surface area contributed by atoms with Gasteiger partial charge in [-0.15, -0.1) is 0 Å². The zero-order valence-corrected chi connectivity index (χ0v) is 11.8. The molecule has 0 unspecified atom stereocenters. The molecule has 0 fully saturated rings. The van der Waals surface area contributed by atoms with Gasteiger partial charge in [-0.1, -0.05) is 0 Å². The van der Waals surface area contributed by atoms with Crippen LogP contribution >= 0.6 is 0 Å². The molecule has 0 amide bonds. The van der Waals surface area contributed by atoms with E-state index < -0.39 is 22.4 Å². The number of aliphatic hydroxyl groups is 1. The first-order valence-electron chi connectivity index (χ1n) is 5.76. The molecule has 1 aromatic heterocycles. The highest BCUT2D eigenvalue weighted by Crippen LogP contribution is 2.21. The molecule has 0 spiro atoms. The summed E-state index contributed by atoms with van der Waals surface area (Å²) < 4.78 is 41.7. The standard InChI is InChI=1S/C12H14FN3O3S/c1-8-5-10(6-9(7-17)12(8)13)20(18,19)15-11-3-4-16(2)14-11/h3-6,17H,7H2,1-2H3,(H,14,15). The lowest BCUT2D eigenvalue weighted by molar-refractivity contribution is 0.275. The van der Waals surface area contributed by atoms with Crippen molar-refractivity contribution in [2.75, 3.05) is 4.72 Å². The van der Waals surface area contributed by atoms with Gasteiger partial charge in [0.05, 0.1) is 11.5 Å². The maximum absolute atomic E-state index is 13.6. The van der Waals surface area contributed by atoms with Crippen molar-refractivity contribution < 1.29 is 17.9 Å². The number of aromatic nitrogens is 2. The fourth-order valence-corrected chi connectivity index (χ4v) is 2.87. The van der Waals surface area contributed by atoms with Crippen LogP contribution in [0.25, 0.3) is 0 Å². The van der Waals surface area contributed by atoms with Gasteiger partial charge in [0, 0.05) is 24.9 Å². The Morgan fingerprint density at radius 1 is 1.45 bits per heavy atom. The van der Waals surface area contributed by atoms with Gasteiger partial charge >= 0.3 is 0 Å². The first-order chi connectivity index (χ1) is 9.33. The van der Waals surface area contributed by atoms with Crippen molar-refractivity contribution in [3.05, 3.63) is 41.3 Å². The third-order valence-electron chi connectivity index (χ3n) is 2.74. The Balaban J connectivity index is 2.41. The average Bonchev–Trinajstić information content (AvgIpc) is 2.77. The SMILES string of the molecule is Cc1cc(S(=O)(=O)Nc2ccn(C)n2)cc(CO)c1F. The molecule has 2 aromatic rings. The van der Waals surface area contributed by atoms with Gasteiger partial charge in [0.25, 0.3) is 10.0 Å². The molecule has 108 valence electrons. The van der Waals surface area contributed by atoms with Gasteiger partial charge in [0.1, 0.15) is 5.82 Å². The minimum atomic E-state index is -3.88. The van der Waals surface area contributed by atoms with Crippen molar-refractivity contribution in [3.63, 3.8) is 0 Å². The van der Waals surface area contributed by atoms with E-state index >= 15 is 0 Å². The molecule has 0 atom stereocenters. The average molecular weight is 299 g/mol. The van der Waals surface area contributed by atoms with Crippen molar-refractivity contribution in [2.45, 2.75) is 18.4 Å². The predicted molar refractivity (Wildman–Crippen MR) is 71.1 cm³/mol. The summed E-state index contributed by atoms with van der Waals surface area (Å²) in [5, 5.41) is 13.0. The van der Waals surface area contributed by atoms with Crippen LogP contribution in [-0.4, -0.2) is 23.3 Å². The van der Waals surface area contributed by atoms with E-state index in [4.69, 9.17) is 5.11 Å². The Morgan fingerprint density at radius 2 is 2.15 bits per heavy atom. The van der Waals surface area contributed by atoms with Crippen molar-refractivity contribution in [3.8, 4) is 0 Å². The van der Waals surface area contributed by atoms with Gasteiger partial charge in [0.15, 0.2) is 5.82 Å². The van der Waals surface area contributed by atoms with E-state index in [2.05, 4.69) is 9.82 Å². The Morgan fingerprint density at radius 3 is 2.70 bits per heavy atom. The second kappa shape index (κ2) is 5.22. The van der Waals surface area contributed by atoms with Crippen LogP contribution in [0.1, 0.15) is 11.1 Å². The van der Waals surface area contributed by atoms with Crippen molar-refractivity contribution in [1.82, 2.24) is 9.78 Å². The summed E-state index contributed by atoms with van der Waals surface area (Å²) in [7, 11) is -2.22. The number of rotatable bonds is 4. The van der Waals surface area contributed by atoms with Gasteiger partial charge in [-0.3, -0.25) is 9.40 Å². The Hall–Kier alpha value is -1.93. The minimum Gasteiger partial charge on any atom is -0.392 e. The number of anilines is 1.